The van der Waals surface area contributed by atoms with Gasteiger partial charge in [0.1, 0.15) is 5.75 Å². The van der Waals surface area contributed by atoms with Crippen molar-refractivity contribution in [1.29, 1.82) is 0 Å². The van der Waals surface area contributed by atoms with Crippen molar-refractivity contribution in [3.05, 3.63) is 71.3 Å². The Balaban J connectivity index is 1.38. The lowest BCUT2D eigenvalue weighted by Crippen LogP contribution is -2.48. The third-order valence-electron chi connectivity index (χ3n) is 10.2. The van der Waals surface area contributed by atoms with Crippen LogP contribution in [-0.4, -0.2) is 51.3 Å². The number of carboxylic acids is 1. The normalized spacial score (nSPS) is 29.8. The molecular weight excluding hydrogens is 548 g/mol. The molecule has 224 valence electrons. The predicted molar refractivity (Wildman–Crippen MR) is 157 cm³/mol. The van der Waals surface area contributed by atoms with Gasteiger partial charge in [-0.15, -0.1) is 0 Å². The number of nitrogens with zero attached hydrogens (tertiary/aromatic N) is 2. The molecule has 6 atom stereocenters. The highest BCUT2D eigenvalue weighted by molar-refractivity contribution is 6.24. The zero-order valence-electron chi connectivity index (χ0n) is 24.4. The van der Waals surface area contributed by atoms with Crippen LogP contribution in [0.5, 0.6) is 5.75 Å². The number of carbonyl (C=O) groups is 5. The first-order valence-corrected chi connectivity index (χ1v) is 15.1. The summed E-state index contributed by atoms with van der Waals surface area (Å²) < 4.78 is 0. The van der Waals surface area contributed by atoms with Crippen LogP contribution in [0.25, 0.3) is 0 Å². The largest absolute Gasteiger partial charge is 0.508 e. The van der Waals surface area contributed by atoms with Gasteiger partial charge in [-0.2, -0.15) is 0 Å². The minimum absolute atomic E-state index is 0.0491. The van der Waals surface area contributed by atoms with E-state index in [4.69, 9.17) is 5.11 Å². The number of imide groups is 2. The van der Waals surface area contributed by atoms with Gasteiger partial charge in [-0.25, -0.2) is 4.90 Å². The first-order chi connectivity index (χ1) is 20.6. The summed E-state index contributed by atoms with van der Waals surface area (Å²) in [7, 11) is 0. The molecule has 6 rings (SSSR count). The second-order valence-corrected chi connectivity index (χ2v) is 12.6. The van der Waals surface area contributed by atoms with Crippen molar-refractivity contribution in [1.82, 2.24) is 4.90 Å². The number of rotatable bonds is 8. The fraction of sp³-hybridized carbons (Fsp3) is 0.441. The molecular formula is C34H36N2O7. The molecule has 2 heterocycles. The second kappa shape index (κ2) is 10.8. The van der Waals surface area contributed by atoms with Crippen LogP contribution in [0.15, 0.2) is 60.2 Å². The Morgan fingerprint density at radius 3 is 2.40 bits per heavy atom. The van der Waals surface area contributed by atoms with Crippen molar-refractivity contribution in [3.63, 3.8) is 0 Å². The number of aryl methyl sites for hydroxylation is 1. The van der Waals surface area contributed by atoms with Crippen molar-refractivity contribution in [2.75, 3.05) is 11.4 Å². The quantitative estimate of drug-likeness (QED) is 0.264. The van der Waals surface area contributed by atoms with Crippen LogP contribution in [0.2, 0.25) is 0 Å². The van der Waals surface area contributed by atoms with E-state index < -0.39 is 41.0 Å². The summed E-state index contributed by atoms with van der Waals surface area (Å²) in [4.78, 5) is 69.4. The number of amides is 4. The maximum atomic E-state index is 14.4. The lowest BCUT2D eigenvalue weighted by Gasteiger charge is -2.49. The van der Waals surface area contributed by atoms with E-state index in [2.05, 4.69) is 0 Å². The topological polar surface area (TPSA) is 132 Å². The summed E-state index contributed by atoms with van der Waals surface area (Å²) in [5.41, 5.74) is 1.73. The molecule has 2 saturated heterocycles. The fourth-order valence-electron chi connectivity index (χ4n) is 8.09. The van der Waals surface area contributed by atoms with Gasteiger partial charge >= 0.3 is 5.97 Å². The van der Waals surface area contributed by atoms with Gasteiger partial charge in [-0.1, -0.05) is 48.4 Å². The maximum Gasteiger partial charge on any atom is 0.303 e. The lowest BCUT2D eigenvalue weighted by molar-refractivity contribution is -0.141. The Morgan fingerprint density at radius 1 is 0.953 bits per heavy atom. The molecule has 2 aliphatic carbocycles. The van der Waals surface area contributed by atoms with E-state index in [1.807, 2.05) is 25.1 Å². The number of benzene rings is 2. The average molecular weight is 585 g/mol. The Kier molecular flexibility index (Phi) is 7.22. The maximum absolute atomic E-state index is 14.4. The van der Waals surface area contributed by atoms with E-state index in [1.54, 1.807) is 43.3 Å². The molecule has 0 spiro atoms. The summed E-state index contributed by atoms with van der Waals surface area (Å²) in [6.07, 6.45) is 4.34. The van der Waals surface area contributed by atoms with Gasteiger partial charge in [0, 0.05) is 18.9 Å². The zero-order chi connectivity index (χ0) is 30.6. The second-order valence-electron chi connectivity index (χ2n) is 12.6. The van der Waals surface area contributed by atoms with Gasteiger partial charge < -0.3 is 10.2 Å². The van der Waals surface area contributed by atoms with E-state index in [0.717, 1.165) is 11.1 Å². The zero-order valence-corrected chi connectivity index (χ0v) is 24.4. The number of hydrogen-bond acceptors (Lipinski definition) is 6. The highest BCUT2D eigenvalue weighted by Gasteiger charge is 2.67. The number of carbonyl (C=O) groups excluding carboxylic acids is 4. The molecule has 0 aromatic heterocycles. The van der Waals surface area contributed by atoms with Gasteiger partial charge in [-0.05, 0) is 74.8 Å². The summed E-state index contributed by atoms with van der Waals surface area (Å²) in [6, 6.07) is 14.1. The van der Waals surface area contributed by atoms with Crippen LogP contribution in [-0.2, 0) is 24.0 Å². The first-order valence-electron chi connectivity index (χ1n) is 15.1. The van der Waals surface area contributed by atoms with Gasteiger partial charge in [0.05, 0.1) is 28.9 Å². The van der Waals surface area contributed by atoms with Crippen LogP contribution >= 0.6 is 0 Å². The average Bonchev–Trinajstić information content (AvgIpc) is 3.34. The molecule has 2 N–H and O–H groups in total. The molecule has 3 fully saturated rings. The van der Waals surface area contributed by atoms with Crippen molar-refractivity contribution < 1.29 is 34.2 Å². The van der Waals surface area contributed by atoms with Crippen molar-refractivity contribution in [3.8, 4) is 5.75 Å². The van der Waals surface area contributed by atoms with E-state index >= 15 is 0 Å². The number of hydrogen-bond donors (Lipinski definition) is 2. The number of phenols is 1. The number of aliphatic carboxylic acids is 1. The number of fused-ring (bicyclic) bond motifs is 4. The number of para-hydroxylation sites is 1. The molecule has 43 heavy (non-hydrogen) atoms. The van der Waals surface area contributed by atoms with Crippen LogP contribution in [0.4, 0.5) is 5.69 Å². The summed E-state index contributed by atoms with van der Waals surface area (Å²) in [5, 5.41) is 19.2. The smallest absolute Gasteiger partial charge is 0.303 e. The molecule has 2 aliphatic heterocycles. The molecule has 0 bridgehead atoms. The van der Waals surface area contributed by atoms with Gasteiger partial charge in [0.15, 0.2) is 0 Å². The SMILES string of the molecule is Cc1cc(C2C3=CCC4C(=O)N(CCCCCC(=O)O)C(=O)C4C3CC3C(=O)N(c4ccccc4)C(=O)C32C)ccc1O. The Morgan fingerprint density at radius 2 is 1.70 bits per heavy atom. The van der Waals surface area contributed by atoms with Crippen molar-refractivity contribution in [2.45, 2.75) is 58.3 Å². The Hall–Kier alpha value is -4.27. The highest BCUT2D eigenvalue weighted by atomic mass is 16.4. The van der Waals surface area contributed by atoms with Crippen LogP contribution in [0.1, 0.15) is 62.5 Å². The minimum Gasteiger partial charge on any atom is -0.508 e. The van der Waals surface area contributed by atoms with Crippen molar-refractivity contribution >= 4 is 35.3 Å². The molecule has 4 amide bonds. The Bertz CT molecular complexity index is 1550. The number of unbranched alkanes of at least 4 members (excludes halogenated alkanes) is 2. The number of carboxylic acid groups (broad SMARTS) is 1. The monoisotopic (exact) mass is 584 g/mol. The van der Waals surface area contributed by atoms with E-state index in [-0.39, 0.29) is 48.8 Å². The highest BCUT2D eigenvalue weighted by Crippen LogP contribution is 2.63. The Labute approximate surface area is 250 Å². The number of allylic oxidation sites excluding steroid dienone is 2. The summed E-state index contributed by atoms with van der Waals surface area (Å²) in [5.74, 6) is -4.54. The minimum atomic E-state index is -1.12. The predicted octanol–water partition coefficient (Wildman–Crippen LogP) is 4.58. The number of phenolic OH excluding ortho intramolecular Hbond substituents is 1. The molecule has 2 aromatic rings. The third-order valence-corrected chi connectivity index (χ3v) is 10.2. The fourth-order valence-corrected chi connectivity index (χ4v) is 8.09. The van der Waals surface area contributed by atoms with Gasteiger partial charge in [0.25, 0.3) is 0 Å². The standard InChI is InChI=1S/C34H36N2O7/c1-19-17-20(12-15-26(19)37)29-22-13-14-23-28(32(42)35(30(23)40)16-8-4-7-11-27(38)39)24(22)18-25-31(41)36(33(43)34(25,29)2)21-9-5-3-6-10-21/h3,5-6,9-10,12-13,15,17,23-25,28-29,37H,4,7-8,11,14,16,18H2,1-2H3,(H,38,39). The van der Waals surface area contributed by atoms with E-state index in [1.165, 1.54) is 9.80 Å². The first kappa shape index (κ1) is 28.8. The number of likely N-dealkylation sites (tertiary alicyclic amines) is 1. The van der Waals surface area contributed by atoms with Crippen LogP contribution in [0.3, 0.4) is 0 Å². The van der Waals surface area contributed by atoms with Gasteiger partial charge in [0.2, 0.25) is 23.6 Å². The molecule has 4 aliphatic rings. The van der Waals surface area contributed by atoms with Crippen molar-refractivity contribution in [2.24, 2.45) is 29.1 Å². The number of aromatic hydroxyl groups is 1. The number of anilines is 1. The molecule has 9 heteroatoms. The third kappa shape index (κ3) is 4.48. The molecule has 6 unspecified atom stereocenters. The van der Waals surface area contributed by atoms with E-state index in [0.29, 0.717) is 36.9 Å². The van der Waals surface area contributed by atoms with Gasteiger partial charge in [-0.3, -0.25) is 28.9 Å². The lowest BCUT2D eigenvalue weighted by atomic mass is 9.51. The van der Waals surface area contributed by atoms with Crippen LogP contribution < -0.4 is 4.90 Å². The molecule has 2 aromatic carbocycles. The van der Waals surface area contributed by atoms with E-state index in [9.17, 15) is 29.1 Å². The summed E-state index contributed by atoms with van der Waals surface area (Å²) in [6.45, 7) is 3.88. The molecule has 1 saturated carbocycles. The van der Waals surface area contributed by atoms with Crippen LogP contribution in [0, 0.1) is 36.0 Å². The molecule has 0 radical (unpaired) electrons. The summed E-state index contributed by atoms with van der Waals surface area (Å²) >= 11 is 0. The molecule has 9 nitrogen and oxygen atoms in total.